The fraction of sp³-hybridized carbons (Fsp3) is 0.148. The van der Waals surface area contributed by atoms with Gasteiger partial charge in [-0.1, -0.05) is 67.9 Å². The summed E-state index contributed by atoms with van der Waals surface area (Å²) >= 11 is 0. The number of hydrogen-bond donors (Lipinski definition) is 0. The van der Waals surface area contributed by atoms with Crippen molar-refractivity contribution in [2.75, 3.05) is 6.61 Å². The zero-order valence-electron chi connectivity index (χ0n) is 17.9. The van der Waals surface area contributed by atoms with Crippen molar-refractivity contribution >= 4 is 5.97 Å². The number of rotatable bonds is 8. The summed E-state index contributed by atoms with van der Waals surface area (Å²) < 4.78 is 11.0. The minimum absolute atomic E-state index is 0.155. The molecule has 160 valence electrons. The van der Waals surface area contributed by atoms with E-state index in [0.29, 0.717) is 17.9 Å². The van der Waals surface area contributed by atoms with Crippen LogP contribution in [0.4, 0.5) is 0 Å². The van der Waals surface area contributed by atoms with E-state index in [1.165, 1.54) is 0 Å². The molecule has 0 saturated heterocycles. The average molecular weight is 425 g/mol. The maximum Gasteiger partial charge on any atom is 0.344 e. The molecule has 0 unspecified atom stereocenters. The predicted molar refractivity (Wildman–Crippen MR) is 125 cm³/mol. The zero-order valence-corrected chi connectivity index (χ0v) is 17.9. The molecule has 1 heterocycles. The smallest absolute Gasteiger partial charge is 0.344 e. The van der Waals surface area contributed by atoms with Crippen LogP contribution in [0.15, 0.2) is 91.0 Å². The zero-order chi connectivity index (χ0) is 22.2. The molecule has 0 fully saturated rings. The van der Waals surface area contributed by atoms with E-state index in [4.69, 9.17) is 9.47 Å². The molecule has 3 aromatic carbocycles. The Bertz CT molecular complexity index is 1140. The molecular weight excluding hydrogens is 400 g/mol. The van der Waals surface area contributed by atoms with Gasteiger partial charge in [0, 0.05) is 11.6 Å². The van der Waals surface area contributed by atoms with Crippen LogP contribution >= 0.6 is 0 Å². The summed E-state index contributed by atoms with van der Waals surface area (Å²) in [6.07, 6.45) is 2.07. The van der Waals surface area contributed by atoms with Crippen LogP contribution in [0.1, 0.15) is 30.1 Å². The van der Waals surface area contributed by atoms with Crippen molar-refractivity contribution < 1.29 is 14.3 Å². The molecule has 4 rings (SSSR count). The lowest BCUT2D eigenvalue weighted by atomic mass is 10.0. The first kappa shape index (κ1) is 21.2. The highest BCUT2D eigenvalue weighted by molar-refractivity contribution is 5.91. The lowest BCUT2D eigenvalue weighted by molar-refractivity contribution is 0.0726. The number of esters is 1. The molecule has 0 aliphatic rings. The summed E-state index contributed by atoms with van der Waals surface area (Å²) in [4.78, 5) is 12.4. The number of aromatic nitrogens is 2. The predicted octanol–water partition coefficient (Wildman–Crippen LogP) is 6.21. The maximum atomic E-state index is 12.4. The van der Waals surface area contributed by atoms with Crippen molar-refractivity contribution in [2.24, 2.45) is 0 Å². The van der Waals surface area contributed by atoms with Crippen molar-refractivity contribution in [3.8, 4) is 34.0 Å². The van der Waals surface area contributed by atoms with Crippen molar-refractivity contribution in [3.63, 3.8) is 0 Å². The van der Waals surface area contributed by atoms with Crippen molar-refractivity contribution in [2.45, 2.75) is 19.8 Å². The Balaban J connectivity index is 1.38. The molecule has 5 heteroatoms. The van der Waals surface area contributed by atoms with Crippen LogP contribution in [0.3, 0.4) is 0 Å². The number of carbonyl (C=O) groups is 1. The van der Waals surface area contributed by atoms with Crippen LogP contribution in [0.25, 0.3) is 22.4 Å². The van der Waals surface area contributed by atoms with E-state index in [1.54, 1.807) is 36.4 Å². The second kappa shape index (κ2) is 10.4. The highest BCUT2D eigenvalue weighted by Gasteiger charge is 2.11. The summed E-state index contributed by atoms with van der Waals surface area (Å²) in [6.45, 7) is 2.77. The Morgan fingerprint density at radius 2 is 1.44 bits per heavy atom. The van der Waals surface area contributed by atoms with Crippen LogP contribution in [0, 0.1) is 0 Å². The van der Waals surface area contributed by atoms with Gasteiger partial charge in [-0.15, -0.1) is 10.2 Å². The van der Waals surface area contributed by atoms with Crippen LogP contribution in [-0.2, 0) is 0 Å². The maximum absolute atomic E-state index is 12.4. The normalized spacial score (nSPS) is 10.5. The highest BCUT2D eigenvalue weighted by Crippen LogP contribution is 2.24. The number of unbranched alkanes of at least 4 members (excludes halogenated alkanes) is 1. The molecule has 1 aromatic heterocycles. The van der Waals surface area contributed by atoms with Gasteiger partial charge in [0.2, 0.25) is 5.88 Å². The van der Waals surface area contributed by atoms with Gasteiger partial charge in [0.15, 0.2) is 0 Å². The van der Waals surface area contributed by atoms with Crippen LogP contribution in [0.5, 0.6) is 11.6 Å². The summed E-state index contributed by atoms with van der Waals surface area (Å²) in [7, 11) is 0. The van der Waals surface area contributed by atoms with E-state index >= 15 is 0 Å². The molecule has 5 nitrogen and oxygen atoms in total. The van der Waals surface area contributed by atoms with Crippen LogP contribution < -0.4 is 9.47 Å². The summed E-state index contributed by atoms with van der Waals surface area (Å²) in [5, 5.41) is 8.26. The minimum atomic E-state index is -0.487. The molecule has 0 atom stereocenters. The molecular formula is C27H24N2O3. The Morgan fingerprint density at radius 3 is 2.09 bits per heavy atom. The second-order valence-electron chi connectivity index (χ2n) is 7.32. The number of nitrogens with zero attached hydrogens (tertiary/aromatic N) is 2. The van der Waals surface area contributed by atoms with E-state index in [-0.39, 0.29) is 5.88 Å². The van der Waals surface area contributed by atoms with Crippen LogP contribution in [-0.4, -0.2) is 22.8 Å². The molecule has 0 aliphatic heterocycles. The van der Waals surface area contributed by atoms with Gasteiger partial charge in [-0.05, 0) is 47.9 Å². The first-order valence-corrected chi connectivity index (χ1v) is 10.7. The largest absolute Gasteiger partial charge is 0.494 e. The molecule has 0 spiro atoms. The molecule has 32 heavy (non-hydrogen) atoms. The topological polar surface area (TPSA) is 61.3 Å². The van der Waals surface area contributed by atoms with E-state index in [0.717, 1.165) is 35.3 Å². The molecule has 0 radical (unpaired) electrons. The van der Waals surface area contributed by atoms with Gasteiger partial charge in [0.25, 0.3) is 0 Å². The van der Waals surface area contributed by atoms with E-state index in [9.17, 15) is 4.79 Å². The van der Waals surface area contributed by atoms with Gasteiger partial charge in [-0.2, -0.15) is 0 Å². The number of carbonyl (C=O) groups excluding carboxylic acids is 1. The highest BCUT2D eigenvalue weighted by atomic mass is 16.5. The summed E-state index contributed by atoms with van der Waals surface area (Å²) in [5.41, 5.74) is 4.37. The fourth-order valence-electron chi connectivity index (χ4n) is 3.17. The third-order valence-electron chi connectivity index (χ3n) is 4.98. The monoisotopic (exact) mass is 424 g/mol. The molecule has 4 aromatic rings. The number of ether oxygens (including phenoxy) is 2. The second-order valence-corrected chi connectivity index (χ2v) is 7.32. The summed E-state index contributed by atoms with van der Waals surface area (Å²) in [5.74, 6) is 0.403. The van der Waals surface area contributed by atoms with E-state index in [2.05, 4.69) is 41.4 Å². The molecule has 0 bridgehead atoms. The molecule has 0 saturated carbocycles. The van der Waals surface area contributed by atoms with Crippen molar-refractivity contribution in [3.05, 3.63) is 96.6 Å². The molecule has 0 N–H and O–H groups in total. The lowest BCUT2D eigenvalue weighted by Crippen LogP contribution is -2.10. The Hall–Kier alpha value is -3.99. The Labute approximate surface area is 187 Å². The first-order chi connectivity index (χ1) is 15.7. The van der Waals surface area contributed by atoms with Gasteiger partial charge < -0.3 is 9.47 Å². The summed E-state index contributed by atoms with van der Waals surface area (Å²) in [6, 6.07) is 28.6. The Morgan fingerprint density at radius 1 is 0.750 bits per heavy atom. The third-order valence-corrected chi connectivity index (χ3v) is 4.98. The molecule has 0 amide bonds. The third kappa shape index (κ3) is 5.38. The fourth-order valence-corrected chi connectivity index (χ4v) is 3.17. The van der Waals surface area contributed by atoms with E-state index in [1.807, 2.05) is 30.3 Å². The van der Waals surface area contributed by atoms with Crippen molar-refractivity contribution in [1.82, 2.24) is 10.2 Å². The van der Waals surface area contributed by atoms with Gasteiger partial charge in [0.05, 0.1) is 17.9 Å². The quantitative estimate of drug-likeness (QED) is 0.249. The van der Waals surface area contributed by atoms with Crippen LogP contribution in [0.2, 0.25) is 0 Å². The minimum Gasteiger partial charge on any atom is -0.494 e. The lowest BCUT2D eigenvalue weighted by Gasteiger charge is -2.07. The molecule has 0 aliphatic carbocycles. The van der Waals surface area contributed by atoms with Gasteiger partial charge in [-0.25, -0.2) is 4.79 Å². The van der Waals surface area contributed by atoms with E-state index < -0.39 is 5.97 Å². The van der Waals surface area contributed by atoms with Gasteiger partial charge in [0.1, 0.15) is 5.75 Å². The first-order valence-electron chi connectivity index (χ1n) is 10.7. The number of benzene rings is 3. The van der Waals surface area contributed by atoms with Gasteiger partial charge in [-0.3, -0.25) is 0 Å². The van der Waals surface area contributed by atoms with Gasteiger partial charge >= 0.3 is 5.97 Å². The number of hydrogen-bond acceptors (Lipinski definition) is 5. The standard InChI is InChI=1S/C27H24N2O3/c1-2-3-19-31-24-15-13-23(14-16-24)27(30)32-26-18-17-25(28-29-26)22-11-9-21(10-12-22)20-7-5-4-6-8-20/h4-18H,2-3,19H2,1H3. The SMILES string of the molecule is CCCCOc1ccc(C(=O)Oc2ccc(-c3ccc(-c4ccccc4)cc3)nn2)cc1. The van der Waals surface area contributed by atoms with Crippen molar-refractivity contribution in [1.29, 1.82) is 0 Å². The average Bonchev–Trinajstić information content (AvgIpc) is 2.86. The Kier molecular flexibility index (Phi) is 6.88.